The van der Waals surface area contributed by atoms with E-state index in [1.807, 2.05) is 6.92 Å². The lowest BCUT2D eigenvalue weighted by molar-refractivity contribution is 0.0894. The van der Waals surface area contributed by atoms with Gasteiger partial charge in [-0.1, -0.05) is 0 Å². The van der Waals surface area contributed by atoms with E-state index in [1.54, 1.807) is 17.1 Å². The number of amides is 1. The quantitative estimate of drug-likeness (QED) is 0.885. The number of rotatable bonds is 5. The molecule has 0 spiro atoms. The summed E-state index contributed by atoms with van der Waals surface area (Å²) in [5.41, 5.74) is -0.471. The van der Waals surface area contributed by atoms with E-state index in [0.29, 0.717) is 18.4 Å². The van der Waals surface area contributed by atoms with Crippen molar-refractivity contribution in [2.75, 3.05) is 13.2 Å². The normalized spacial score (nSPS) is 20.1. The average Bonchev–Trinajstić information content (AvgIpc) is 3.17. The molecule has 0 bridgehead atoms. The van der Waals surface area contributed by atoms with E-state index in [9.17, 15) is 13.6 Å². The highest BCUT2D eigenvalue weighted by Crippen LogP contribution is 2.17. The summed E-state index contributed by atoms with van der Waals surface area (Å²) in [5.74, 6) is -2.06. The minimum absolute atomic E-state index is 0.223. The van der Waals surface area contributed by atoms with Gasteiger partial charge in [-0.3, -0.25) is 9.48 Å². The van der Waals surface area contributed by atoms with E-state index in [4.69, 9.17) is 9.47 Å². The van der Waals surface area contributed by atoms with Gasteiger partial charge in [0.1, 0.15) is 11.9 Å². The standard InChI is InChI=1S/C15H16F2N4O3/c1-2-21-6-10(5-19-21)24-13-8-23-7-12(13)20-15(22)14-11(17)3-9(16)4-18-14/h3-6,12-13H,2,7-8H2,1H3,(H,20,22)/t12-,13+/m0/s1. The van der Waals surface area contributed by atoms with E-state index < -0.39 is 35.4 Å². The van der Waals surface area contributed by atoms with Gasteiger partial charge in [0.2, 0.25) is 0 Å². The molecule has 2 aromatic heterocycles. The number of ether oxygens (including phenoxy) is 2. The molecule has 9 heteroatoms. The number of aromatic nitrogens is 3. The van der Waals surface area contributed by atoms with E-state index in [1.165, 1.54) is 0 Å². The second-order valence-corrected chi connectivity index (χ2v) is 5.29. The Labute approximate surface area is 136 Å². The van der Waals surface area contributed by atoms with Crippen LogP contribution in [0.3, 0.4) is 0 Å². The first-order valence-corrected chi connectivity index (χ1v) is 7.45. The number of carbonyl (C=O) groups excluding carboxylic acids is 1. The highest BCUT2D eigenvalue weighted by Gasteiger charge is 2.32. The first kappa shape index (κ1) is 16.3. The third-order valence-electron chi connectivity index (χ3n) is 3.59. The molecule has 2 aromatic rings. The molecule has 2 atom stereocenters. The fraction of sp³-hybridized carbons (Fsp3) is 0.400. The van der Waals surface area contributed by atoms with Gasteiger partial charge in [-0.25, -0.2) is 13.8 Å². The zero-order chi connectivity index (χ0) is 17.1. The van der Waals surface area contributed by atoms with Crippen LogP contribution in [-0.4, -0.2) is 46.0 Å². The van der Waals surface area contributed by atoms with Crippen molar-refractivity contribution in [1.29, 1.82) is 0 Å². The largest absolute Gasteiger partial charge is 0.482 e. The molecule has 1 N–H and O–H groups in total. The Morgan fingerprint density at radius 1 is 1.46 bits per heavy atom. The number of hydrogen-bond acceptors (Lipinski definition) is 5. The number of nitrogens with zero attached hydrogens (tertiary/aromatic N) is 3. The van der Waals surface area contributed by atoms with Crippen molar-refractivity contribution in [3.63, 3.8) is 0 Å². The lowest BCUT2D eigenvalue weighted by Crippen LogP contribution is -2.45. The summed E-state index contributed by atoms with van der Waals surface area (Å²) >= 11 is 0. The van der Waals surface area contributed by atoms with Crippen molar-refractivity contribution in [1.82, 2.24) is 20.1 Å². The second kappa shape index (κ2) is 6.91. The Kier molecular flexibility index (Phi) is 4.70. The number of aryl methyl sites for hydroxylation is 1. The predicted octanol–water partition coefficient (Wildman–Crippen LogP) is 1.15. The molecule has 1 aliphatic rings. The Bertz CT molecular complexity index is 737. The smallest absolute Gasteiger partial charge is 0.273 e. The van der Waals surface area contributed by atoms with Crippen LogP contribution in [0.15, 0.2) is 24.7 Å². The lowest BCUT2D eigenvalue weighted by Gasteiger charge is -2.19. The van der Waals surface area contributed by atoms with Gasteiger partial charge in [0.05, 0.1) is 37.8 Å². The monoisotopic (exact) mass is 338 g/mol. The molecule has 0 aromatic carbocycles. The molecule has 128 valence electrons. The van der Waals surface area contributed by atoms with E-state index in [-0.39, 0.29) is 13.2 Å². The van der Waals surface area contributed by atoms with Gasteiger partial charge in [-0.2, -0.15) is 5.10 Å². The molecule has 0 radical (unpaired) electrons. The van der Waals surface area contributed by atoms with Crippen LogP contribution in [0.25, 0.3) is 0 Å². The van der Waals surface area contributed by atoms with Crippen molar-refractivity contribution >= 4 is 5.91 Å². The fourth-order valence-electron chi connectivity index (χ4n) is 2.36. The Morgan fingerprint density at radius 3 is 3.00 bits per heavy atom. The minimum Gasteiger partial charge on any atom is -0.482 e. The summed E-state index contributed by atoms with van der Waals surface area (Å²) in [5, 5.41) is 6.70. The van der Waals surface area contributed by atoms with Gasteiger partial charge in [0.25, 0.3) is 5.91 Å². The topological polar surface area (TPSA) is 78.3 Å². The first-order valence-electron chi connectivity index (χ1n) is 7.45. The molecule has 0 aliphatic carbocycles. The van der Waals surface area contributed by atoms with Crippen molar-refractivity contribution in [2.45, 2.75) is 25.6 Å². The van der Waals surface area contributed by atoms with Crippen LogP contribution < -0.4 is 10.1 Å². The van der Waals surface area contributed by atoms with E-state index in [2.05, 4.69) is 15.4 Å². The number of hydrogen-bond donors (Lipinski definition) is 1. The second-order valence-electron chi connectivity index (χ2n) is 5.29. The van der Waals surface area contributed by atoms with Crippen LogP contribution in [0.4, 0.5) is 8.78 Å². The fourth-order valence-corrected chi connectivity index (χ4v) is 2.36. The Balaban J connectivity index is 1.65. The maximum absolute atomic E-state index is 13.6. The van der Waals surface area contributed by atoms with Crippen molar-refractivity contribution in [3.05, 3.63) is 42.0 Å². The third-order valence-corrected chi connectivity index (χ3v) is 3.59. The summed E-state index contributed by atoms with van der Waals surface area (Å²) in [6, 6.07) is 0.133. The number of pyridine rings is 1. The van der Waals surface area contributed by atoms with E-state index >= 15 is 0 Å². The van der Waals surface area contributed by atoms with Crippen LogP contribution >= 0.6 is 0 Å². The summed E-state index contributed by atoms with van der Waals surface area (Å²) in [6.45, 7) is 3.16. The van der Waals surface area contributed by atoms with Crippen LogP contribution in [0, 0.1) is 11.6 Å². The maximum Gasteiger partial charge on any atom is 0.273 e. The molecular weight excluding hydrogens is 322 g/mol. The summed E-state index contributed by atoms with van der Waals surface area (Å²) < 4.78 is 39.3. The molecular formula is C15H16F2N4O3. The summed E-state index contributed by atoms with van der Waals surface area (Å²) in [4.78, 5) is 15.6. The maximum atomic E-state index is 13.6. The lowest BCUT2D eigenvalue weighted by atomic mass is 10.2. The molecule has 3 heterocycles. The molecule has 1 amide bonds. The molecule has 3 rings (SSSR count). The summed E-state index contributed by atoms with van der Waals surface area (Å²) in [6.07, 6.45) is 3.66. The SMILES string of the molecule is CCn1cc(O[C@@H]2COC[C@@H]2NC(=O)c2ncc(F)cc2F)cn1. The van der Waals surface area contributed by atoms with Crippen molar-refractivity contribution in [2.24, 2.45) is 0 Å². The Hall–Kier alpha value is -2.55. The number of carbonyl (C=O) groups is 1. The first-order chi connectivity index (χ1) is 11.6. The van der Waals surface area contributed by atoms with Crippen LogP contribution in [0.5, 0.6) is 5.75 Å². The van der Waals surface area contributed by atoms with Gasteiger partial charge in [0.15, 0.2) is 17.3 Å². The molecule has 1 saturated heterocycles. The third kappa shape index (κ3) is 3.51. The van der Waals surface area contributed by atoms with Gasteiger partial charge < -0.3 is 14.8 Å². The van der Waals surface area contributed by atoms with Crippen LogP contribution in [0.1, 0.15) is 17.4 Å². The number of nitrogens with one attached hydrogen (secondary N) is 1. The van der Waals surface area contributed by atoms with Gasteiger partial charge in [0, 0.05) is 12.6 Å². The minimum atomic E-state index is -1.02. The molecule has 1 fully saturated rings. The van der Waals surface area contributed by atoms with Gasteiger partial charge >= 0.3 is 0 Å². The van der Waals surface area contributed by atoms with Crippen LogP contribution in [0.2, 0.25) is 0 Å². The molecule has 0 unspecified atom stereocenters. The molecule has 7 nitrogen and oxygen atoms in total. The highest BCUT2D eigenvalue weighted by molar-refractivity contribution is 5.92. The molecule has 1 aliphatic heterocycles. The van der Waals surface area contributed by atoms with Crippen LogP contribution in [-0.2, 0) is 11.3 Å². The average molecular weight is 338 g/mol. The Morgan fingerprint density at radius 2 is 2.29 bits per heavy atom. The molecule has 24 heavy (non-hydrogen) atoms. The zero-order valence-electron chi connectivity index (χ0n) is 12.9. The molecule has 0 saturated carbocycles. The van der Waals surface area contributed by atoms with Crippen molar-refractivity contribution < 1.29 is 23.0 Å². The van der Waals surface area contributed by atoms with E-state index in [0.717, 1.165) is 6.20 Å². The highest BCUT2D eigenvalue weighted by atomic mass is 19.1. The van der Waals surface area contributed by atoms with Crippen molar-refractivity contribution in [3.8, 4) is 5.75 Å². The van der Waals surface area contributed by atoms with Gasteiger partial charge in [-0.05, 0) is 6.92 Å². The zero-order valence-corrected chi connectivity index (χ0v) is 12.9. The summed E-state index contributed by atoms with van der Waals surface area (Å²) in [7, 11) is 0. The number of halogens is 2. The predicted molar refractivity (Wildman–Crippen MR) is 78.5 cm³/mol. The van der Waals surface area contributed by atoms with Gasteiger partial charge in [-0.15, -0.1) is 0 Å².